The van der Waals surface area contributed by atoms with Crippen LogP contribution in [0.1, 0.15) is 51.7 Å². The second-order valence-corrected chi connectivity index (χ2v) is 11.5. The first kappa shape index (κ1) is 26.7. The van der Waals surface area contributed by atoms with Gasteiger partial charge in [-0.15, -0.1) is 11.3 Å². The Hall–Kier alpha value is -3.39. The third kappa shape index (κ3) is 5.34. The molecule has 1 unspecified atom stereocenters. The van der Waals surface area contributed by atoms with Crippen molar-refractivity contribution < 1.29 is 18.7 Å². The summed E-state index contributed by atoms with van der Waals surface area (Å²) in [5.74, 6) is 0.0475. The number of aromatic nitrogens is 1. The van der Waals surface area contributed by atoms with E-state index < -0.39 is 11.7 Å². The van der Waals surface area contributed by atoms with E-state index >= 15 is 4.39 Å². The maximum Gasteiger partial charge on any atom is 0.407 e. The molecule has 2 heterocycles. The summed E-state index contributed by atoms with van der Waals surface area (Å²) in [4.78, 5) is 27.9. The quantitative estimate of drug-likeness (QED) is 0.281. The third-order valence-corrected chi connectivity index (χ3v) is 7.36. The van der Waals surface area contributed by atoms with E-state index in [1.807, 2.05) is 44.4 Å². The minimum Gasteiger partial charge on any atom is -0.496 e. The van der Waals surface area contributed by atoms with E-state index in [1.165, 1.54) is 17.4 Å². The zero-order valence-corrected chi connectivity index (χ0v) is 23.1. The first-order valence-electron chi connectivity index (χ1n) is 12.3. The SMILES string of the molecule is COc1cc(C)c2[nH]c(=O)c3sccc3c2c1-c1ccc(C(CNC(=O)OC(C)(C)C)C(C)C)c(F)c1. The van der Waals surface area contributed by atoms with Gasteiger partial charge >= 0.3 is 6.09 Å². The molecular formula is C29H33FN2O4S. The van der Waals surface area contributed by atoms with Gasteiger partial charge in [0.1, 0.15) is 21.9 Å². The number of pyridine rings is 1. The van der Waals surface area contributed by atoms with Gasteiger partial charge < -0.3 is 19.8 Å². The predicted molar refractivity (Wildman–Crippen MR) is 148 cm³/mol. The molecule has 2 aromatic heterocycles. The van der Waals surface area contributed by atoms with Crippen LogP contribution < -0.4 is 15.6 Å². The van der Waals surface area contributed by atoms with Gasteiger partial charge in [-0.3, -0.25) is 4.79 Å². The average Bonchev–Trinajstić information content (AvgIpc) is 3.30. The van der Waals surface area contributed by atoms with E-state index in [1.54, 1.807) is 33.9 Å². The summed E-state index contributed by atoms with van der Waals surface area (Å²) in [7, 11) is 1.59. The van der Waals surface area contributed by atoms with E-state index in [2.05, 4.69) is 10.3 Å². The van der Waals surface area contributed by atoms with E-state index in [-0.39, 0.29) is 29.8 Å². The average molecular weight is 525 g/mol. The molecular weight excluding hydrogens is 491 g/mol. The van der Waals surface area contributed by atoms with Crippen LogP contribution in [-0.2, 0) is 4.74 Å². The van der Waals surface area contributed by atoms with Crippen molar-refractivity contribution in [2.75, 3.05) is 13.7 Å². The number of rotatable bonds is 6. The number of amides is 1. The van der Waals surface area contributed by atoms with E-state index in [0.717, 1.165) is 21.9 Å². The summed E-state index contributed by atoms with van der Waals surface area (Å²) in [5, 5.41) is 6.30. The van der Waals surface area contributed by atoms with Crippen molar-refractivity contribution in [1.29, 1.82) is 0 Å². The van der Waals surface area contributed by atoms with Crippen molar-refractivity contribution in [3.8, 4) is 16.9 Å². The molecule has 2 N–H and O–H groups in total. The summed E-state index contributed by atoms with van der Waals surface area (Å²) in [5.41, 5.74) is 2.70. The lowest BCUT2D eigenvalue weighted by Crippen LogP contribution is -2.36. The molecule has 0 fully saturated rings. The number of nitrogens with one attached hydrogen (secondary N) is 2. The molecule has 0 saturated carbocycles. The van der Waals surface area contributed by atoms with Gasteiger partial charge in [0, 0.05) is 28.8 Å². The lowest BCUT2D eigenvalue weighted by molar-refractivity contribution is 0.0521. The van der Waals surface area contributed by atoms with Crippen LogP contribution in [0.3, 0.4) is 0 Å². The Morgan fingerprint density at radius 2 is 1.92 bits per heavy atom. The summed E-state index contributed by atoms with van der Waals surface area (Å²) in [6.45, 7) is 11.5. The number of carbonyl (C=O) groups is 1. The number of hydrogen-bond donors (Lipinski definition) is 2. The highest BCUT2D eigenvalue weighted by Crippen LogP contribution is 2.42. The molecule has 6 nitrogen and oxygen atoms in total. The molecule has 1 amide bonds. The van der Waals surface area contributed by atoms with Crippen LogP contribution >= 0.6 is 11.3 Å². The minimum absolute atomic E-state index is 0.0699. The standard InChI is InChI=1S/C29H33FN2O4S/c1-15(2)20(14-31-28(34)36-29(4,5)6)18-9-8-17(13-21(18)30)23-22(35-7)12-16(3)25-24(23)19-10-11-37-26(19)27(33)32-25/h8-13,15,20H,14H2,1-7H3,(H,31,34)(H,32,33). The molecule has 4 rings (SSSR count). The van der Waals surface area contributed by atoms with Gasteiger partial charge in [-0.25, -0.2) is 9.18 Å². The zero-order chi connectivity index (χ0) is 27.1. The van der Waals surface area contributed by atoms with Crippen LogP contribution in [0.4, 0.5) is 9.18 Å². The van der Waals surface area contributed by atoms with Gasteiger partial charge in [0.2, 0.25) is 0 Å². The van der Waals surface area contributed by atoms with Gasteiger partial charge in [0.25, 0.3) is 5.56 Å². The first-order valence-corrected chi connectivity index (χ1v) is 13.2. The summed E-state index contributed by atoms with van der Waals surface area (Å²) < 4.78 is 27.4. The van der Waals surface area contributed by atoms with Crippen molar-refractivity contribution in [3.05, 3.63) is 63.0 Å². The number of alkyl carbamates (subject to hydrolysis) is 1. The number of H-pyrrole nitrogens is 1. The molecule has 0 aliphatic carbocycles. The summed E-state index contributed by atoms with van der Waals surface area (Å²) in [6.07, 6.45) is -0.528. The molecule has 0 aliphatic heterocycles. The van der Waals surface area contributed by atoms with Crippen LogP contribution in [0.2, 0.25) is 0 Å². The summed E-state index contributed by atoms with van der Waals surface area (Å²) >= 11 is 1.37. The molecule has 0 saturated heterocycles. The molecule has 196 valence electrons. The normalized spacial score (nSPS) is 12.8. The Morgan fingerprint density at radius 1 is 1.19 bits per heavy atom. The molecule has 37 heavy (non-hydrogen) atoms. The Labute approximate surface area is 219 Å². The highest BCUT2D eigenvalue weighted by atomic mass is 32.1. The van der Waals surface area contributed by atoms with E-state index in [9.17, 15) is 9.59 Å². The van der Waals surface area contributed by atoms with Crippen molar-refractivity contribution in [2.24, 2.45) is 5.92 Å². The smallest absolute Gasteiger partial charge is 0.407 e. The lowest BCUT2D eigenvalue weighted by Gasteiger charge is -2.25. The number of carbonyl (C=O) groups excluding carboxylic acids is 1. The van der Waals surface area contributed by atoms with Gasteiger partial charge in [-0.1, -0.05) is 26.0 Å². The number of hydrogen-bond acceptors (Lipinski definition) is 5. The molecule has 0 aliphatic rings. The fourth-order valence-electron chi connectivity index (χ4n) is 4.71. The minimum atomic E-state index is -0.613. The van der Waals surface area contributed by atoms with Gasteiger partial charge in [-0.2, -0.15) is 0 Å². The van der Waals surface area contributed by atoms with Gasteiger partial charge in [0.15, 0.2) is 0 Å². The monoisotopic (exact) mass is 524 g/mol. The van der Waals surface area contributed by atoms with Crippen LogP contribution in [0.15, 0.2) is 40.5 Å². The van der Waals surface area contributed by atoms with E-state index in [4.69, 9.17) is 9.47 Å². The highest BCUT2D eigenvalue weighted by molar-refractivity contribution is 7.17. The Bertz CT molecular complexity index is 1530. The maximum absolute atomic E-state index is 15.7. The number of aryl methyl sites for hydroxylation is 1. The number of halogens is 1. The fraction of sp³-hybridized carbons (Fsp3) is 0.379. The molecule has 2 aromatic carbocycles. The summed E-state index contributed by atoms with van der Waals surface area (Å²) in [6, 6.07) is 8.93. The Balaban J connectivity index is 1.80. The third-order valence-electron chi connectivity index (χ3n) is 6.45. The zero-order valence-electron chi connectivity index (χ0n) is 22.2. The molecule has 0 spiro atoms. The van der Waals surface area contributed by atoms with Crippen molar-refractivity contribution >= 4 is 38.4 Å². The molecule has 1 atom stereocenters. The predicted octanol–water partition coefficient (Wildman–Crippen LogP) is 7.13. The first-order chi connectivity index (χ1) is 17.4. The molecule has 0 radical (unpaired) electrons. The Kier molecular flexibility index (Phi) is 7.33. The van der Waals surface area contributed by atoms with Crippen LogP contribution in [0.5, 0.6) is 5.75 Å². The van der Waals surface area contributed by atoms with Crippen molar-refractivity contribution in [2.45, 2.75) is 53.1 Å². The number of thiophene rings is 1. The van der Waals surface area contributed by atoms with Gasteiger partial charge in [0.05, 0.1) is 12.6 Å². The van der Waals surface area contributed by atoms with Crippen LogP contribution in [0, 0.1) is 18.7 Å². The second kappa shape index (κ2) is 10.2. The molecule has 8 heteroatoms. The number of ether oxygens (including phenoxy) is 2. The highest BCUT2D eigenvalue weighted by Gasteiger charge is 2.24. The molecule has 4 aromatic rings. The lowest BCUT2D eigenvalue weighted by atomic mass is 9.86. The second-order valence-electron chi connectivity index (χ2n) is 10.6. The van der Waals surface area contributed by atoms with Crippen LogP contribution in [-0.4, -0.2) is 30.3 Å². The largest absolute Gasteiger partial charge is 0.496 e. The molecule has 0 bridgehead atoms. The number of methoxy groups -OCH3 is 1. The maximum atomic E-state index is 15.7. The number of fused-ring (bicyclic) bond motifs is 3. The number of aromatic amines is 1. The van der Waals surface area contributed by atoms with Crippen LogP contribution in [0.25, 0.3) is 32.1 Å². The van der Waals surface area contributed by atoms with Crippen molar-refractivity contribution in [1.82, 2.24) is 10.3 Å². The fourth-order valence-corrected chi connectivity index (χ4v) is 5.51. The van der Waals surface area contributed by atoms with Gasteiger partial charge in [-0.05, 0) is 73.9 Å². The van der Waals surface area contributed by atoms with Crippen molar-refractivity contribution in [3.63, 3.8) is 0 Å². The topological polar surface area (TPSA) is 80.4 Å². The number of benzene rings is 2. The Morgan fingerprint density at radius 3 is 2.54 bits per heavy atom. The van der Waals surface area contributed by atoms with E-state index in [0.29, 0.717) is 27.1 Å².